The number of hydrogen-bond donors (Lipinski definition) is 3. The Morgan fingerprint density at radius 1 is 0.580 bits per heavy atom. The fraction of sp³-hybridized carbons (Fsp3) is 0.216. The van der Waals surface area contributed by atoms with Crippen molar-refractivity contribution in [3.63, 3.8) is 0 Å². The van der Waals surface area contributed by atoms with Gasteiger partial charge in [-0.15, -0.1) is 0 Å². The quantitative estimate of drug-likeness (QED) is 0.0780. The van der Waals surface area contributed by atoms with Crippen LogP contribution >= 0.6 is 0 Å². The molecule has 0 spiro atoms. The number of hydrogen-bond acceptors (Lipinski definition) is 14. The predicted octanol–water partition coefficient (Wildman–Crippen LogP) is 6.55. The van der Waals surface area contributed by atoms with E-state index in [1.165, 1.54) is 18.7 Å². The number of aromatic nitrogens is 8. The fourth-order valence-electron chi connectivity index (χ4n) is 6.95. The van der Waals surface area contributed by atoms with Crippen molar-refractivity contribution >= 4 is 45.5 Å². The van der Waals surface area contributed by atoms with Gasteiger partial charge in [-0.1, -0.05) is 48.6 Å². The van der Waals surface area contributed by atoms with Gasteiger partial charge in [0.1, 0.15) is 58.7 Å². The Morgan fingerprint density at radius 2 is 1.01 bits per heavy atom. The number of nitrogens with zero attached hydrogens (tertiary/aromatic N) is 11. The molecule has 4 aromatic carbocycles. The smallest absolute Gasteiger partial charge is 0.246 e. The molecule has 0 aliphatic rings. The molecule has 2 amide bonds. The number of likely N-dealkylation sites (N-methyl/N-ethyl adjacent to an activating group) is 3. The summed E-state index contributed by atoms with van der Waals surface area (Å²) >= 11 is 0. The highest BCUT2D eigenvalue weighted by atomic mass is 16.5. The van der Waals surface area contributed by atoms with Crippen molar-refractivity contribution in [3.05, 3.63) is 146 Å². The second-order valence-corrected chi connectivity index (χ2v) is 16.3. The highest BCUT2D eigenvalue weighted by molar-refractivity contribution is 5.99. The van der Waals surface area contributed by atoms with Crippen molar-refractivity contribution in [1.29, 1.82) is 0 Å². The molecule has 4 heterocycles. The Kier molecular flexibility index (Phi) is 16.4. The van der Waals surface area contributed by atoms with Gasteiger partial charge in [0.15, 0.2) is 11.3 Å². The van der Waals surface area contributed by atoms with Gasteiger partial charge in [-0.2, -0.15) is 10.2 Å². The summed E-state index contributed by atoms with van der Waals surface area (Å²) in [7, 11) is 9.57. The zero-order chi connectivity index (χ0) is 48.7. The molecule has 8 aromatic rings. The van der Waals surface area contributed by atoms with E-state index in [2.05, 4.69) is 25.3 Å². The molecule has 69 heavy (non-hydrogen) atoms. The number of benzene rings is 4. The molecule has 0 fully saturated rings. The lowest BCUT2D eigenvalue weighted by Gasteiger charge is -2.15. The van der Waals surface area contributed by atoms with E-state index < -0.39 is 0 Å². The van der Waals surface area contributed by atoms with Crippen molar-refractivity contribution in [2.45, 2.75) is 13.1 Å². The maximum Gasteiger partial charge on any atom is 0.246 e. The monoisotopic (exact) mass is 928 g/mol. The zero-order valence-corrected chi connectivity index (χ0v) is 39.3. The van der Waals surface area contributed by atoms with Gasteiger partial charge in [-0.3, -0.25) is 9.59 Å². The Labute approximate surface area is 400 Å². The number of ether oxygens (including phenoxy) is 2. The minimum Gasteiger partial charge on any atom is -0.457 e. The maximum atomic E-state index is 12.4. The number of carbonyl (C=O) groups excluding carboxylic acids is 2. The van der Waals surface area contributed by atoms with Gasteiger partial charge in [0.05, 0.1) is 23.9 Å². The number of amides is 2. The summed E-state index contributed by atoms with van der Waals surface area (Å²) < 4.78 is 15.3. The predicted molar refractivity (Wildman–Crippen MR) is 269 cm³/mol. The number of rotatable bonds is 18. The zero-order valence-electron chi connectivity index (χ0n) is 39.3. The first kappa shape index (κ1) is 48.5. The van der Waals surface area contributed by atoms with E-state index >= 15 is 0 Å². The van der Waals surface area contributed by atoms with Crippen molar-refractivity contribution in [3.8, 4) is 45.5 Å². The average molecular weight is 929 g/mol. The minimum atomic E-state index is -0.151. The fourth-order valence-corrected chi connectivity index (χ4v) is 6.95. The lowest BCUT2D eigenvalue weighted by molar-refractivity contribution is -0.125. The third-order valence-corrected chi connectivity index (χ3v) is 10.4. The van der Waals surface area contributed by atoms with Gasteiger partial charge < -0.3 is 41.0 Å². The molecule has 0 saturated carbocycles. The van der Waals surface area contributed by atoms with Gasteiger partial charge in [-0.05, 0) is 101 Å². The third-order valence-electron chi connectivity index (χ3n) is 10.4. The number of anilines is 2. The normalized spacial score (nSPS) is 11.4. The first-order valence-corrected chi connectivity index (χ1v) is 22.2. The van der Waals surface area contributed by atoms with Gasteiger partial charge in [0.2, 0.25) is 11.8 Å². The second kappa shape index (κ2) is 23.3. The summed E-state index contributed by atoms with van der Waals surface area (Å²) in [5.74, 6) is 3.46. The summed E-state index contributed by atoms with van der Waals surface area (Å²) in [6.07, 6.45) is 9.63. The number of nitrogens with one attached hydrogen (secondary N) is 1. The van der Waals surface area contributed by atoms with E-state index in [4.69, 9.17) is 31.1 Å². The Balaban J connectivity index is 0.000000204. The molecular weight excluding hydrogens is 873 g/mol. The van der Waals surface area contributed by atoms with Gasteiger partial charge in [-0.25, -0.2) is 29.3 Å². The van der Waals surface area contributed by atoms with Crippen LogP contribution in [0, 0.1) is 0 Å². The molecule has 18 nitrogen and oxygen atoms in total. The maximum absolute atomic E-state index is 12.4. The highest BCUT2D eigenvalue weighted by Crippen LogP contribution is 2.33. The highest BCUT2D eigenvalue weighted by Gasteiger charge is 2.19. The molecule has 4 aromatic heterocycles. The van der Waals surface area contributed by atoms with Crippen molar-refractivity contribution in [1.82, 2.24) is 59.5 Å². The Bertz CT molecular complexity index is 3010. The minimum absolute atomic E-state index is 0.0633. The third kappa shape index (κ3) is 13.1. The van der Waals surface area contributed by atoms with E-state index in [1.807, 2.05) is 159 Å². The molecule has 0 aliphatic carbocycles. The van der Waals surface area contributed by atoms with E-state index in [0.29, 0.717) is 90.1 Å². The van der Waals surface area contributed by atoms with Crippen LogP contribution in [0.5, 0.6) is 23.0 Å². The summed E-state index contributed by atoms with van der Waals surface area (Å²) in [6, 6.07) is 34.5. The lowest BCUT2D eigenvalue weighted by atomic mass is 10.1. The molecule has 354 valence electrons. The van der Waals surface area contributed by atoms with Crippen LogP contribution in [0.4, 0.5) is 11.6 Å². The lowest BCUT2D eigenvalue weighted by Crippen LogP contribution is -2.29. The summed E-state index contributed by atoms with van der Waals surface area (Å²) in [6.45, 7) is 3.18. The first-order valence-electron chi connectivity index (χ1n) is 22.2. The van der Waals surface area contributed by atoms with E-state index in [9.17, 15) is 9.59 Å². The number of fused-ring (bicyclic) bond motifs is 2. The van der Waals surface area contributed by atoms with E-state index in [-0.39, 0.29) is 11.8 Å². The molecular formula is C51H56N14O4. The topological polar surface area (TPSA) is 214 Å². The summed E-state index contributed by atoms with van der Waals surface area (Å²) in [4.78, 5) is 47.1. The molecule has 18 heteroatoms. The van der Waals surface area contributed by atoms with Crippen molar-refractivity contribution in [2.24, 2.45) is 0 Å². The standard InChI is InChI=1S/C26H29N7O2.C25H27N7O2/c1-31(2)15-7-10-22(34)32(3)16-17-33-26-23(25(27)28-18-29-26)24(30-33)19-11-13-21(14-12-19)35-20-8-5-4-6-9-20;1-31(2)15-6-9-21(33)27-14-16-32-25-22(24(26)28-17-29-25)23(30-32)18-10-12-20(13-11-18)34-19-7-4-3-5-8-19/h4-14,18H,15-17H2,1-3H3,(H2,27,28,29);3-13,17H,14-16H2,1-2H3,(H,27,33)(H2,26,28,29)/b10-7+;9-6+. The van der Waals surface area contributed by atoms with Crippen LogP contribution in [0.1, 0.15) is 0 Å². The van der Waals surface area contributed by atoms with Crippen LogP contribution in [0.15, 0.2) is 146 Å². The molecule has 8 rings (SSSR count). The number of para-hydroxylation sites is 2. The van der Waals surface area contributed by atoms with Crippen molar-refractivity contribution < 1.29 is 19.1 Å². The van der Waals surface area contributed by atoms with Crippen LogP contribution in [-0.4, -0.2) is 127 Å². The van der Waals surface area contributed by atoms with Crippen LogP contribution < -0.4 is 26.3 Å². The van der Waals surface area contributed by atoms with Crippen LogP contribution in [0.3, 0.4) is 0 Å². The van der Waals surface area contributed by atoms with Gasteiger partial charge in [0.25, 0.3) is 0 Å². The van der Waals surface area contributed by atoms with E-state index in [0.717, 1.165) is 28.4 Å². The Morgan fingerprint density at radius 3 is 1.48 bits per heavy atom. The summed E-state index contributed by atoms with van der Waals surface area (Å²) in [5.41, 5.74) is 16.7. The summed E-state index contributed by atoms with van der Waals surface area (Å²) in [5, 5.41) is 13.7. The molecule has 0 unspecified atom stereocenters. The van der Waals surface area contributed by atoms with Gasteiger partial charge in [0, 0.05) is 56.5 Å². The molecule has 0 aliphatic heterocycles. The Hall–Kier alpha value is -8.48. The first-order chi connectivity index (χ1) is 33.4. The molecule has 0 atom stereocenters. The number of carbonyl (C=O) groups is 2. The number of nitrogen functional groups attached to an aromatic ring is 2. The van der Waals surface area contributed by atoms with Gasteiger partial charge >= 0.3 is 0 Å². The second-order valence-electron chi connectivity index (χ2n) is 16.3. The SMILES string of the molecule is CN(C)C/C=C/C(=O)N(C)CCn1nc(-c2ccc(Oc3ccccc3)cc2)c2c(N)ncnc21.CN(C)C/C=C/C(=O)NCCn1nc(-c2ccc(Oc3ccccc3)cc2)c2c(N)ncnc21. The molecule has 0 saturated heterocycles. The van der Waals surface area contributed by atoms with Crippen LogP contribution in [0.25, 0.3) is 44.6 Å². The van der Waals surface area contributed by atoms with Crippen LogP contribution in [0.2, 0.25) is 0 Å². The van der Waals surface area contributed by atoms with Crippen molar-refractivity contribution in [2.75, 3.05) is 72.9 Å². The number of nitrogens with two attached hydrogens (primary N) is 2. The molecule has 0 bridgehead atoms. The largest absolute Gasteiger partial charge is 0.457 e. The molecule has 0 radical (unpaired) electrons. The van der Waals surface area contributed by atoms with E-state index in [1.54, 1.807) is 27.4 Å². The average Bonchev–Trinajstić information content (AvgIpc) is 3.92. The molecule has 5 N–H and O–H groups in total. The van der Waals surface area contributed by atoms with Crippen LogP contribution in [-0.2, 0) is 22.7 Å².